The zero-order valence-corrected chi connectivity index (χ0v) is 10.9. The van der Waals surface area contributed by atoms with Crippen LogP contribution in [-0.2, 0) is 9.59 Å². The molecule has 0 spiro atoms. The Hall–Kier alpha value is -1.79. The van der Waals surface area contributed by atoms with Crippen molar-refractivity contribution in [2.45, 2.75) is 44.2 Å². The Labute approximate surface area is 111 Å². The molecule has 2 rings (SSSR count). The highest BCUT2D eigenvalue weighted by Gasteiger charge is 2.46. The average molecular weight is 269 g/mol. The summed E-state index contributed by atoms with van der Waals surface area (Å²) in [6.07, 6.45) is 2.49. The van der Waals surface area contributed by atoms with Crippen LogP contribution in [0.3, 0.4) is 0 Å². The minimum atomic E-state index is -1.08. The van der Waals surface area contributed by atoms with Gasteiger partial charge in [0.25, 0.3) is 0 Å². The zero-order chi connectivity index (χ0) is 14.0. The lowest BCUT2D eigenvalue weighted by atomic mass is 9.77. The molecule has 7 heteroatoms. The Morgan fingerprint density at radius 1 is 1.32 bits per heavy atom. The maximum atomic E-state index is 12.0. The molecule has 1 atom stereocenters. The van der Waals surface area contributed by atoms with Crippen molar-refractivity contribution in [3.8, 4) is 0 Å². The van der Waals surface area contributed by atoms with Crippen LogP contribution in [0.15, 0.2) is 0 Å². The number of aliphatic carboxylic acids is 1. The molecule has 106 valence electrons. The Bertz CT molecular complexity index is 406. The Kier molecular flexibility index (Phi) is 3.64. The van der Waals surface area contributed by atoms with E-state index in [1.165, 1.54) is 6.92 Å². The van der Waals surface area contributed by atoms with E-state index in [0.717, 1.165) is 6.42 Å². The SMILES string of the molecule is CC(=O)NC1CCN(C(=O)NC2(C(=O)O)CCC2)C1. The molecule has 0 aromatic heterocycles. The molecule has 1 unspecified atom stereocenters. The minimum absolute atomic E-state index is 0.0366. The molecular formula is C12H19N3O4. The van der Waals surface area contributed by atoms with Crippen LogP contribution >= 0.6 is 0 Å². The highest BCUT2D eigenvalue weighted by Crippen LogP contribution is 2.32. The van der Waals surface area contributed by atoms with Gasteiger partial charge in [0.1, 0.15) is 5.54 Å². The van der Waals surface area contributed by atoms with Crippen molar-refractivity contribution in [3.63, 3.8) is 0 Å². The van der Waals surface area contributed by atoms with Gasteiger partial charge in [0.05, 0.1) is 0 Å². The second-order valence-electron chi connectivity index (χ2n) is 5.30. The molecule has 0 radical (unpaired) electrons. The quantitative estimate of drug-likeness (QED) is 0.667. The number of nitrogens with one attached hydrogen (secondary N) is 2. The number of nitrogens with zero attached hydrogens (tertiary/aromatic N) is 1. The number of hydrogen-bond donors (Lipinski definition) is 3. The molecule has 1 aliphatic heterocycles. The first-order valence-electron chi connectivity index (χ1n) is 6.50. The number of hydrogen-bond acceptors (Lipinski definition) is 3. The zero-order valence-electron chi connectivity index (χ0n) is 10.9. The number of likely N-dealkylation sites (tertiary alicyclic amines) is 1. The lowest BCUT2D eigenvalue weighted by molar-refractivity contribution is -0.148. The minimum Gasteiger partial charge on any atom is -0.480 e. The molecule has 19 heavy (non-hydrogen) atoms. The predicted molar refractivity (Wildman–Crippen MR) is 66.5 cm³/mol. The van der Waals surface area contributed by atoms with Gasteiger partial charge < -0.3 is 20.6 Å². The van der Waals surface area contributed by atoms with Gasteiger partial charge in [-0.1, -0.05) is 0 Å². The van der Waals surface area contributed by atoms with Crippen LogP contribution in [0.1, 0.15) is 32.6 Å². The Morgan fingerprint density at radius 2 is 2.00 bits per heavy atom. The summed E-state index contributed by atoms with van der Waals surface area (Å²) >= 11 is 0. The molecular weight excluding hydrogens is 250 g/mol. The van der Waals surface area contributed by atoms with Crippen LogP contribution in [0.25, 0.3) is 0 Å². The number of carboxylic acid groups (broad SMARTS) is 1. The molecule has 7 nitrogen and oxygen atoms in total. The molecule has 1 aliphatic carbocycles. The number of carbonyl (C=O) groups is 3. The summed E-state index contributed by atoms with van der Waals surface area (Å²) in [6, 6.07) is -0.389. The van der Waals surface area contributed by atoms with Crippen molar-refractivity contribution in [2.75, 3.05) is 13.1 Å². The number of carbonyl (C=O) groups excluding carboxylic acids is 2. The van der Waals surface area contributed by atoms with Gasteiger partial charge in [-0.3, -0.25) is 4.79 Å². The fourth-order valence-electron chi connectivity index (χ4n) is 2.56. The smallest absolute Gasteiger partial charge is 0.329 e. The van der Waals surface area contributed by atoms with Crippen molar-refractivity contribution in [1.82, 2.24) is 15.5 Å². The lowest BCUT2D eigenvalue weighted by Crippen LogP contribution is -2.61. The number of urea groups is 1. The van der Waals surface area contributed by atoms with Crippen LogP contribution < -0.4 is 10.6 Å². The monoisotopic (exact) mass is 269 g/mol. The van der Waals surface area contributed by atoms with E-state index in [0.29, 0.717) is 32.4 Å². The first-order chi connectivity index (χ1) is 8.93. The summed E-state index contributed by atoms with van der Waals surface area (Å²) in [7, 11) is 0. The summed E-state index contributed by atoms with van der Waals surface area (Å²) < 4.78 is 0. The van der Waals surface area contributed by atoms with E-state index in [4.69, 9.17) is 5.11 Å². The first-order valence-corrected chi connectivity index (χ1v) is 6.50. The molecule has 0 aromatic rings. The Morgan fingerprint density at radius 3 is 2.47 bits per heavy atom. The maximum Gasteiger partial charge on any atom is 0.329 e. The first kappa shape index (κ1) is 13.6. The fourth-order valence-corrected chi connectivity index (χ4v) is 2.56. The van der Waals surface area contributed by atoms with Gasteiger partial charge in [-0.2, -0.15) is 0 Å². The molecule has 1 saturated carbocycles. The third-order valence-corrected chi connectivity index (χ3v) is 3.85. The fraction of sp³-hybridized carbons (Fsp3) is 0.750. The third kappa shape index (κ3) is 2.80. The van der Waals surface area contributed by atoms with Crippen molar-refractivity contribution in [1.29, 1.82) is 0 Å². The van der Waals surface area contributed by atoms with Crippen LogP contribution in [0.2, 0.25) is 0 Å². The number of amides is 3. The van der Waals surface area contributed by atoms with Crippen molar-refractivity contribution < 1.29 is 19.5 Å². The number of rotatable bonds is 3. The van der Waals surface area contributed by atoms with Crippen LogP contribution in [0, 0.1) is 0 Å². The highest BCUT2D eigenvalue weighted by atomic mass is 16.4. The predicted octanol–water partition coefficient (Wildman–Crippen LogP) is -0.0863. The topological polar surface area (TPSA) is 98.7 Å². The second-order valence-corrected chi connectivity index (χ2v) is 5.30. The van der Waals surface area contributed by atoms with E-state index >= 15 is 0 Å². The van der Waals surface area contributed by atoms with Gasteiger partial charge in [-0.25, -0.2) is 9.59 Å². The van der Waals surface area contributed by atoms with Gasteiger partial charge in [0.2, 0.25) is 5.91 Å². The van der Waals surface area contributed by atoms with E-state index in [1.807, 2.05) is 0 Å². The van der Waals surface area contributed by atoms with Crippen LogP contribution in [0.4, 0.5) is 4.79 Å². The largest absolute Gasteiger partial charge is 0.480 e. The normalized spacial score (nSPS) is 24.5. The van der Waals surface area contributed by atoms with Gasteiger partial charge in [0.15, 0.2) is 0 Å². The van der Waals surface area contributed by atoms with Gasteiger partial charge >= 0.3 is 12.0 Å². The number of carboxylic acids is 1. The third-order valence-electron chi connectivity index (χ3n) is 3.85. The molecule has 1 saturated heterocycles. The van der Waals surface area contributed by atoms with Crippen LogP contribution in [0.5, 0.6) is 0 Å². The molecule has 2 aliphatic rings. The highest BCUT2D eigenvalue weighted by molar-refractivity contribution is 5.87. The summed E-state index contributed by atoms with van der Waals surface area (Å²) in [5.74, 6) is -1.09. The summed E-state index contributed by atoms with van der Waals surface area (Å²) in [6.45, 7) is 2.41. The molecule has 1 heterocycles. The van der Waals surface area contributed by atoms with Gasteiger partial charge in [-0.15, -0.1) is 0 Å². The molecule has 3 N–H and O–H groups in total. The van der Waals surface area contributed by atoms with E-state index in [1.54, 1.807) is 4.90 Å². The Balaban J connectivity index is 1.88. The van der Waals surface area contributed by atoms with E-state index in [9.17, 15) is 14.4 Å². The van der Waals surface area contributed by atoms with Crippen LogP contribution in [-0.4, -0.2) is 52.6 Å². The van der Waals surface area contributed by atoms with Crippen molar-refractivity contribution in [3.05, 3.63) is 0 Å². The standard InChI is InChI=1S/C12H19N3O4/c1-8(16)13-9-3-6-15(7-9)11(19)14-12(10(17)18)4-2-5-12/h9H,2-7H2,1H3,(H,13,16)(H,14,19)(H,17,18). The summed E-state index contributed by atoms with van der Waals surface area (Å²) in [5, 5.41) is 14.5. The van der Waals surface area contributed by atoms with Gasteiger partial charge in [-0.05, 0) is 25.7 Å². The van der Waals surface area contributed by atoms with E-state index in [2.05, 4.69) is 10.6 Å². The second kappa shape index (κ2) is 5.07. The lowest BCUT2D eigenvalue weighted by Gasteiger charge is -2.39. The maximum absolute atomic E-state index is 12.0. The van der Waals surface area contributed by atoms with Crippen molar-refractivity contribution >= 4 is 17.9 Å². The van der Waals surface area contributed by atoms with Gasteiger partial charge in [0, 0.05) is 26.1 Å². The molecule has 0 bridgehead atoms. The summed E-state index contributed by atoms with van der Waals surface area (Å²) in [5.41, 5.74) is -1.08. The molecule has 2 fully saturated rings. The average Bonchev–Trinajstić information content (AvgIpc) is 2.70. The van der Waals surface area contributed by atoms with Crippen molar-refractivity contribution in [2.24, 2.45) is 0 Å². The van der Waals surface area contributed by atoms with E-state index in [-0.39, 0.29) is 18.0 Å². The molecule has 3 amide bonds. The van der Waals surface area contributed by atoms with E-state index < -0.39 is 11.5 Å². The molecule has 0 aromatic carbocycles. The summed E-state index contributed by atoms with van der Waals surface area (Å²) in [4.78, 5) is 35.7.